The summed E-state index contributed by atoms with van der Waals surface area (Å²) in [6.07, 6.45) is 3.46. The van der Waals surface area contributed by atoms with Gasteiger partial charge in [0.1, 0.15) is 11.9 Å². The summed E-state index contributed by atoms with van der Waals surface area (Å²) in [4.78, 5) is 22.0. The van der Waals surface area contributed by atoms with Gasteiger partial charge in [0.2, 0.25) is 5.95 Å². The number of hydrogen-bond acceptors (Lipinski definition) is 10. The number of nitrogens with one attached hydrogen (secondary N) is 2. The zero-order chi connectivity index (χ0) is 26.9. The Labute approximate surface area is 220 Å². The van der Waals surface area contributed by atoms with Gasteiger partial charge in [0.25, 0.3) is 0 Å². The van der Waals surface area contributed by atoms with Gasteiger partial charge in [0, 0.05) is 36.5 Å². The van der Waals surface area contributed by atoms with Gasteiger partial charge in [-0.25, -0.2) is 14.6 Å². The Hall–Kier alpha value is -4.05. The third kappa shape index (κ3) is 5.17. The maximum atomic E-state index is 11.0. The molecule has 38 heavy (non-hydrogen) atoms. The number of aliphatic hydroxyl groups excluding tert-OH is 1. The van der Waals surface area contributed by atoms with Crippen LogP contribution in [0.4, 0.5) is 17.5 Å². The van der Waals surface area contributed by atoms with E-state index in [1.165, 1.54) is 0 Å². The Morgan fingerprint density at radius 1 is 1.34 bits per heavy atom. The molecule has 0 amide bonds. The number of anilines is 3. The molecule has 2 aliphatic heterocycles. The lowest BCUT2D eigenvalue weighted by Gasteiger charge is -2.30. The van der Waals surface area contributed by atoms with Crippen molar-refractivity contribution < 1.29 is 15.0 Å². The fraction of sp³-hybridized carbons (Fsp3) is 0.423. The summed E-state index contributed by atoms with van der Waals surface area (Å²) in [5.41, 5.74) is 9.37. The summed E-state index contributed by atoms with van der Waals surface area (Å²) in [6, 6.07) is 9.54. The van der Waals surface area contributed by atoms with Crippen LogP contribution in [0.15, 0.2) is 30.5 Å². The molecule has 0 aliphatic carbocycles. The Morgan fingerprint density at radius 3 is 2.84 bits per heavy atom. The summed E-state index contributed by atoms with van der Waals surface area (Å²) >= 11 is 0. The van der Waals surface area contributed by atoms with Crippen LogP contribution in [0, 0.1) is 24.2 Å². The van der Waals surface area contributed by atoms with Crippen LogP contribution in [0.1, 0.15) is 29.7 Å². The first-order chi connectivity index (χ1) is 18.3. The number of aromatic nitrogens is 4. The molecule has 4 heterocycles. The third-order valence-electron chi connectivity index (χ3n) is 7.25. The minimum Gasteiger partial charge on any atom is -0.480 e. The van der Waals surface area contributed by atoms with Crippen molar-refractivity contribution in [3.05, 3.63) is 47.3 Å². The minimum atomic E-state index is -0.973. The van der Waals surface area contributed by atoms with Gasteiger partial charge < -0.3 is 26.6 Å². The van der Waals surface area contributed by atoms with Gasteiger partial charge in [-0.2, -0.15) is 10.4 Å². The van der Waals surface area contributed by atoms with Gasteiger partial charge in [0.15, 0.2) is 0 Å². The molecule has 0 saturated carbocycles. The van der Waals surface area contributed by atoms with Crippen LogP contribution in [0.25, 0.3) is 11.3 Å². The Kier molecular flexibility index (Phi) is 6.98. The summed E-state index contributed by atoms with van der Waals surface area (Å²) < 4.78 is 1.92. The van der Waals surface area contributed by atoms with Crippen molar-refractivity contribution in [3.8, 4) is 17.3 Å². The SMILES string of the molecule is Cc1cc(Nc2nccc(-c3cc(C#N)c4c(c3)C(N)(CO)CN4)n2)n(CC2CCN(CC(=O)O)CC2)n1. The molecule has 2 aromatic heterocycles. The van der Waals surface area contributed by atoms with Crippen molar-refractivity contribution in [2.24, 2.45) is 11.7 Å². The number of nitriles is 1. The van der Waals surface area contributed by atoms with Crippen LogP contribution in [0.3, 0.4) is 0 Å². The first kappa shape index (κ1) is 25.6. The number of piperidine rings is 1. The highest BCUT2D eigenvalue weighted by molar-refractivity contribution is 5.76. The number of hydrogen-bond donors (Lipinski definition) is 5. The number of nitrogens with two attached hydrogens (primary N) is 1. The number of benzene rings is 1. The number of aliphatic carboxylic acids is 1. The van der Waals surface area contributed by atoms with Gasteiger partial charge in [-0.15, -0.1) is 0 Å². The Balaban J connectivity index is 1.35. The van der Waals surface area contributed by atoms with E-state index in [9.17, 15) is 15.2 Å². The van der Waals surface area contributed by atoms with Crippen LogP contribution in [0.5, 0.6) is 0 Å². The quantitative estimate of drug-likeness (QED) is 0.293. The normalized spacial score (nSPS) is 19.5. The second kappa shape index (κ2) is 10.4. The van der Waals surface area contributed by atoms with Crippen LogP contribution in [-0.2, 0) is 16.9 Å². The van der Waals surface area contributed by atoms with Gasteiger partial charge in [-0.3, -0.25) is 9.69 Å². The lowest BCUT2D eigenvalue weighted by Crippen LogP contribution is -2.42. The molecular formula is C26H31N9O3. The number of aliphatic hydroxyl groups is 1. The predicted molar refractivity (Wildman–Crippen MR) is 141 cm³/mol. The fourth-order valence-electron chi connectivity index (χ4n) is 5.19. The Bertz CT molecular complexity index is 1390. The summed E-state index contributed by atoms with van der Waals surface area (Å²) in [6.45, 7) is 4.32. The maximum absolute atomic E-state index is 11.0. The van der Waals surface area contributed by atoms with Crippen molar-refractivity contribution >= 4 is 23.4 Å². The number of carboxylic acid groups (broad SMARTS) is 1. The lowest BCUT2D eigenvalue weighted by molar-refractivity contribution is -0.138. The molecule has 1 fully saturated rings. The van der Waals surface area contributed by atoms with Crippen LogP contribution < -0.4 is 16.4 Å². The Morgan fingerprint density at radius 2 is 2.13 bits per heavy atom. The minimum absolute atomic E-state index is 0.0803. The standard InChI is InChI=1S/C26H31N9O3/c1-16-8-22(35(33-16)12-17-3-6-34(7-4-17)13-23(37)38)32-25-29-5-2-21(31-25)18-9-19(11-27)24-20(10-18)26(28,15-36)14-30-24/h2,5,8-10,17,30,36H,3-4,6-7,12-15,28H2,1H3,(H,37,38)(H,29,31,32). The van der Waals surface area contributed by atoms with Crippen LogP contribution in [0.2, 0.25) is 0 Å². The average Bonchev–Trinajstić information content (AvgIpc) is 3.43. The second-order valence-corrected chi connectivity index (χ2v) is 10.1. The molecule has 0 radical (unpaired) electrons. The van der Waals surface area contributed by atoms with E-state index >= 15 is 0 Å². The summed E-state index contributed by atoms with van der Waals surface area (Å²) in [5.74, 6) is 0.749. The second-order valence-electron chi connectivity index (χ2n) is 10.1. The molecule has 1 saturated heterocycles. The van der Waals surface area contributed by atoms with E-state index in [-0.39, 0.29) is 13.2 Å². The van der Waals surface area contributed by atoms with Crippen molar-refractivity contribution in [2.45, 2.75) is 31.8 Å². The number of carbonyl (C=O) groups is 1. The maximum Gasteiger partial charge on any atom is 0.317 e. The van der Waals surface area contributed by atoms with E-state index < -0.39 is 11.5 Å². The molecule has 0 spiro atoms. The molecule has 5 rings (SSSR count). The van der Waals surface area contributed by atoms with E-state index in [2.05, 4.69) is 31.8 Å². The van der Waals surface area contributed by atoms with Gasteiger partial charge >= 0.3 is 5.97 Å². The number of likely N-dealkylation sites (tertiary alicyclic amines) is 1. The van der Waals surface area contributed by atoms with Crippen LogP contribution in [-0.4, -0.2) is 73.6 Å². The molecule has 0 bridgehead atoms. The van der Waals surface area contributed by atoms with E-state index in [1.807, 2.05) is 28.6 Å². The molecular weight excluding hydrogens is 486 g/mol. The number of fused-ring (bicyclic) bond motifs is 1. The topological polar surface area (TPSA) is 178 Å². The highest BCUT2D eigenvalue weighted by Crippen LogP contribution is 2.38. The van der Waals surface area contributed by atoms with E-state index in [4.69, 9.17) is 10.8 Å². The smallest absolute Gasteiger partial charge is 0.317 e. The molecule has 1 unspecified atom stereocenters. The molecule has 1 aromatic carbocycles. The highest BCUT2D eigenvalue weighted by Gasteiger charge is 2.36. The largest absolute Gasteiger partial charge is 0.480 e. The number of aryl methyl sites for hydroxylation is 1. The van der Waals surface area contributed by atoms with Gasteiger partial charge in [-0.05, 0) is 57.0 Å². The van der Waals surface area contributed by atoms with Crippen LogP contribution >= 0.6 is 0 Å². The summed E-state index contributed by atoms with van der Waals surface area (Å²) in [7, 11) is 0. The predicted octanol–water partition coefficient (Wildman–Crippen LogP) is 1.63. The van der Waals surface area contributed by atoms with Crippen molar-refractivity contribution in [1.29, 1.82) is 5.26 Å². The van der Waals surface area contributed by atoms with Gasteiger partial charge in [0.05, 0.1) is 41.3 Å². The van der Waals surface area contributed by atoms with Crippen molar-refractivity contribution in [2.75, 3.05) is 43.4 Å². The van der Waals surface area contributed by atoms with Crippen molar-refractivity contribution in [3.63, 3.8) is 0 Å². The zero-order valence-electron chi connectivity index (χ0n) is 21.2. The molecule has 3 aromatic rings. The first-order valence-electron chi connectivity index (χ1n) is 12.6. The fourth-order valence-corrected chi connectivity index (χ4v) is 5.19. The van der Waals surface area contributed by atoms with E-state index in [0.29, 0.717) is 53.0 Å². The number of nitrogens with zero attached hydrogens (tertiary/aromatic N) is 6. The molecule has 6 N–H and O–H groups in total. The van der Waals surface area contributed by atoms with Crippen molar-refractivity contribution in [1.82, 2.24) is 24.6 Å². The van der Waals surface area contributed by atoms with E-state index in [0.717, 1.165) is 37.4 Å². The molecule has 198 valence electrons. The molecule has 12 nitrogen and oxygen atoms in total. The molecule has 12 heteroatoms. The first-order valence-corrected chi connectivity index (χ1v) is 12.6. The van der Waals surface area contributed by atoms with E-state index in [1.54, 1.807) is 18.3 Å². The molecule has 2 aliphatic rings. The third-order valence-corrected chi connectivity index (χ3v) is 7.25. The lowest BCUT2D eigenvalue weighted by atomic mass is 9.90. The number of rotatable bonds is 8. The zero-order valence-corrected chi connectivity index (χ0v) is 21.2. The highest BCUT2D eigenvalue weighted by atomic mass is 16.4. The van der Waals surface area contributed by atoms with Gasteiger partial charge in [-0.1, -0.05) is 0 Å². The number of carboxylic acids is 1. The summed E-state index contributed by atoms with van der Waals surface area (Å²) in [5, 5.41) is 39.7. The average molecular weight is 518 g/mol. The molecule has 1 atom stereocenters. The monoisotopic (exact) mass is 517 g/mol.